The molecule has 3 amide bonds. The van der Waals surface area contributed by atoms with E-state index in [-0.39, 0.29) is 48.6 Å². The van der Waals surface area contributed by atoms with Gasteiger partial charge in [0, 0.05) is 51.4 Å². The van der Waals surface area contributed by atoms with Crippen molar-refractivity contribution in [3.8, 4) is 5.75 Å². The minimum Gasteiger partial charge on any atom is -0.494 e. The number of ether oxygens (including phenoxy) is 1. The quantitative estimate of drug-likeness (QED) is 0.463. The second-order valence-electron chi connectivity index (χ2n) is 10.9. The Labute approximate surface area is 238 Å². The highest BCUT2D eigenvalue weighted by Crippen LogP contribution is 2.31. The molecule has 12 heteroatoms. The molecule has 2 aromatic heterocycles. The fraction of sp³-hybridized carbons (Fsp3) is 0.483. The third kappa shape index (κ3) is 7.05. The molecule has 2 aliphatic heterocycles. The number of carboxylic acid groups (broad SMARTS) is 1. The number of hydrogen-bond acceptors (Lipinski definition) is 6. The molecule has 220 valence electrons. The number of fused-ring (bicyclic) bond motifs is 5. The Morgan fingerprint density at radius 3 is 2.73 bits per heavy atom. The molecule has 1 fully saturated rings. The van der Waals surface area contributed by atoms with Crippen LogP contribution in [0.1, 0.15) is 54.9 Å². The van der Waals surface area contributed by atoms with E-state index in [2.05, 4.69) is 10.4 Å². The van der Waals surface area contributed by atoms with E-state index < -0.39 is 0 Å². The zero-order valence-corrected chi connectivity index (χ0v) is 23.7. The molecule has 2 bridgehead atoms. The molecule has 0 spiro atoms. The topological polar surface area (TPSA) is 138 Å². The Balaban J connectivity index is 0.00000124. The molecular formula is C29H38N6O6. The zero-order valence-electron chi connectivity index (χ0n) is 23.7. The summed E-state index contributed by atoms with van der Waals surface area (Å²) in [5, 5.41) is 14.3. The number of hydrogen-bond donors (Lipinski definition) is 2. The monoisotopic (exact) mass is 566 g/mol. The highest BCUT2D eigenvalue weighted by molar-refractivity contribution is 6.01. The maximum atomic E-state index is 13.6. The van der Waals surface area contributed by atoms with Crippen molar-refractivity contribution in [1.82, 2.24) is 29.3 Å². The van der Waals surface area contributed by atoms with E-state index in [9.17, 15) is 14.4 Å². The minimum atomic E-state index is -0.260. The van der Waals surface area contributed by atoms with Gasteiger partial charge in [0.05, 0.1) is 25.4 Å². The fourth-order valence-electron chi connectivity index (χ4n) is 5.45. The number of carbonyl (C=O) groups is 4. The summed E-state index contributed by atoms with van der Waals surface area (Å²) in [6.07, 6.45) is 7.10. The summed E-state index contributed by atoms with van der Waals surface area (Å²) in [4.78, 5) is 51.7. The van der Waals surface area contributed by atoms with Gasteiger partial charge >= 0.3 is 0 Å². The summed E-state index contributed by atoms with van der Waals surface area (Å²) in [7, 11) is 1.86. The number of amides is 3. The van der Waals surface area contributed by atoms with Crippen LogP contribution in [-0.4, -0.2) is 92.1 Å². The second-order valence-corrected chi connectivity index (χ2v) is 10.9. The van der Waals surface area contributed by atoms with Gasteiger partial charge in [-0.05, 0) is 36.5 Å². The van der Waals surface area contributed by atoms with Crippen molar-refractivity contribution >= 4 is 29.8 Å². The smallest absolute Gasteiger partial charge is 0.290 e. The first-order chi connectivity index (χ1) is 19.7. The van der Waals surface area contributed by atoms with Gasteiger partial charge in [0.1, 0.15) is 17.0 Å². The lowest BCUT2D eigenvalue weighted by Gasteiger charge is -2.25. The van der Waals surface area contributed by atoms with Crippen molar-refractivity contribution in [2.75, 3.05) is 32.8 Å². The molecule has 41 heavy (non-hydrogen) atoms. The molecular weight excluding hydrogens is 528 g/mol. The second kappa shape index (κ2) is 13.3. The van der Waals surface area contributed by atoms with Crippen molar-refractivity contribution < 1.29 is 29.0 Å². The van der Waals surface area contributed by atoms with E-state index in [1.54, 1.807) is 21.8 Å². The van der Waals surface area contributed by atoms with Gasteiger partial charge in [-0.25, -0.2) is 4.52 Å². The van der Waals surface area contributed by atoms with Gasteiger partial charge in [0.15, 0.2) is 0 Å². The summed E-state index contributed by atoms with van der Waals surface area (Å²) in [6, 6.07) is 7.68. The average Bonchev–Trinajstić information content (AvgIpc) is 3.64. The largest absolute Gasteiger partial charge is 0.494 e. The van der Waals surface area contributed by atoms with Crippen molar-refractivity contribution in [3.63, 3.8) is 0 Å². The Bertz CT molecular complexity index is 1380. The summed E-state index contributed by atoms with van der Waals surface area (Å²) >= 11 is 0. The summed E-state index contributed by atoms with van der Waals surface area (Å²) in [5.74, 6) is 0.599. The van der Waals surface area contributed by atoms with E-state index in [1.165, 1.54) is 0 Å². The molecule has 3 aromatic rings. The molecule has 5 rings (SSSR count). The van der Waals surface area contributed by atoms with Crippen molar-refractivity contribution in [2.24, 2.45) is 13.0 Å². The van der Waals surface area contributed by atoms with Crippen molar-refractivity contribution in [1.29, 1.82) is 0 Å². The third-order valence-electron chi connectivity index (χ3n) is 7.37. The van der Waals surface area contributed by atoms with Gasteiger partial charge in [-0.1, -0.05) is 26.0 Å². The van der Waals surface area contributed by atoms with E-state index in [0.29, 0.717) is 50.3 Å². The lowest BCUT2D eigenvalue weighted by Crippen LogP contribution is -2.47. The molecule has 1 saturated heterocycles. The van der Waals surface area contributed by atoms with Gasteiger partial charge in [-0.15, -0.1) is 0 Å². The number of carbonyl (C=O) groups excluding carboxylic acids is 3. The van der Waals surface area contributed by atoms with Crippen LogP contribution in [0.5, 0.6) is 5.75 Å². The first kappa shape index (κ1) is 29.6. The SMILES string of the molecule is CC(C)CC(=O)N1C[C@@H]2NC(=O)CN(C(=O)c3cnn4ccn(C)c34)CCCCOc3cccc(c3)[C@H]2C1.O=CO. The number of aryl methyl sites for hydroxylation is 1. The van der Waals surface area contributed by atoms with Crippen LogP contribution in [0.3, 0.4) is 0 Å². The third-order valence-corrected chi connectivity index (χ3v) is 7.37. The summed E-state index contributed by atoms with van der Waals surface area (Å²) < 4.78 is 9.53. The normalized spacial score (nSPS) is 19.5. The number of imidazole rings is 1. The Morgan fingerprint density at radius 1 is 1.20 bits per heavy atom. The molecule has 0 saturated carbocycles. The number of aromatic nitrogens is 3. The molecule has 2 aliphatic rings. The summed E-state index contributed by atoms with van der Waals surface area (Å²) in [6.45, 7) is 5.65. The summed E-state index contributed by atoms with van der Waals surface area (Å²) in [5.41, 5.74) is 2.18. The lowest BCUT2D eigenvalue weighted by atomic mass is 9.94. The van der Waals surface area contributed by atoms with Gasteiger partial charge in [0.25, 0.3) is 12.4 Å². The van der Waals surface area contributed by atoms with Crippen LogP contribution in [0.2, 0.25) is 0 Å². The maximum Gasteiger partial charge on any atom is 0.290 e. The highest BCUT2D eigenvalue weighted by atomic mass is 16.5. The molecule has 0 aliphatic carbocycles. The fourth-order valence-corrected chi connectivity index (χ4v) is 5.45. The van der Waals surface area contributed by atoms with Crippen LogP contribution in [0.15, 0.2) is 42.9 Å². The van der Waals surface area contributed by atoms with Crippen LogP contribution in [-0.2, 0) is 21.4 Å². The van der Waals surface area contributed by atoms with Gasteiger partial charge in [-0.2, -0.15) is 5.10 Å². The van der Waals surface area contributed by atoms with E-state index >= 15 is 0 Å². The Kier molecular flexibility index (Phi) is 9.64. The first-order valence-corrected chi connectivity index (χ1v) is 13.9. The van der Waals surface area contributed by atoms with Gasteiger partial charge in [-0.3, -0.25) is 19.2 Å². The number of nitrogens with zero attached hydrogens (tertiary/aromatic N) is 5. The molecule has 1 aromatic carbocycles. The van der Waals surface area contributed by atoms with Crippen LogP contribution in [0.25, 0.3) is 5.65 Å². The maximum absolute atomic E-state index is 13.6. The molecule has 4 heterocycles. The molecule has 2 N–H and O–H groups in total. The number of rotatable bonds is 3. The van der Waals surface area contributed by atoms with Crippen LogP contribution in [0.4, 0.5) is 0 Å². The molecule has 0 unspecified atom stereocenters. The number of nitrogens with one attached hydrogen (secondary N) is 1. The van der Waals surface area contributed by atoms with Crippen molar-refractivity contribution in [3.05, 3.63) is 54.0 Å². The van der Waals surface area contributed by atoms with E-state index in [0.717, 1.165) is 17.7 Å². The molecule has 2 atom stereocenters. The molecule has 12 nitrogen and oxygen atoms in total. The predicted octanol–water partition coefficient (Wildman–Crippen LogP) is 2.15. The van der Waals surface area contributed by atoms with Gasteiger partial charge < -0.3 is 29.5 Å². The van der Waals surface area contributed by atoms with Gasteiger partial charge in [0.2, 0.25) is 11.8 Å². The number of likely N-dealkylation sites (tertiary alicyclic amines) is 1. The van der Waals surface area contributed by atoms with Crippen molar-refractivity contribution in [2.45, 2.75) is 45.1 Å². The minimum absolute atomic E-state index is 0.0648. The first-order valence-electron chi connectivity index (χ1n) is 13.9. The van der Waals surface area contributed by atoms with Crippen LogP contribution < -0.4 is 10.1 Å². The lowest BCUT2D eigenvalue weighted by molar-refractivity contribution is -0.131. The predicted molar refractivity (Wildman–Crippen MR) is 151 cm³/mol. The molecule has 0 radical (unpaired) electrons. The highest BCUT2D eigenvalue weighted by Gasteiger charge is 2.37. The average molecular weight is 567 g/mol. The van der Waals surface area contributed by atoms with Crippen LogP contribution >= 0.6 is 0 Å². The Morgan fingerprint density at radius 2 is 1.98 bits per heavy atom. The standard InChI is InChI=1S/C28H36N6O4.CH2O2/c1-19(2)13-26(36)33-16-23-20-7-6-8-21(14-20)38-12-5-4-9-32(18-25(35)30-24(23)17-33)28(37)22-15-29-34-11-10-31(3)27(22)34;2-1-3/h6-8,10-11,14-15,19,23-24H,4-5,9,12-13,16-18H2,1-3H3,(H,30,35);1H,(H,2,3)/t23-,24+;/m1./s1. The zero-order chi connectivity index (χ0) is 29.5. The number of benzene rings is 1. The Hall–Kier alpha value is -4.35. The van der Waals surface area contributed by atoms with Crippen LogP contribution in [0, 0.1) is 5.92 Å². The van der Waals surface area contributed by atoms with E-state index in [1.807, 2.05) is 60.8 Å². The van der Waals surface area contributed by atoms with E-state index in [4.69, 9.17) is 14.6 Å².